The van der Waals surface area contributed by atoms with Gasteiger partial charge >= 0.3 is 0 Å². The maximum absolute atomic E-state index is 9.35. The molecule has 0 radical (unpaired) electrons. The second-order valence-corrected chi connectivity index (χ2v) is 8.49. The van der Waals surface area contributed by atoms with Gasteiger partial charge in [0, 0.05) is 0 Å². The van der Waals surface area contributed by atoms with Gasteiger partial charge in [0.1, 0.15) is 11.5 Å². The van der Waals surface area contributed by atoms with Crippen LogP contribution in [-0.4, -0.2) is 10.2 Å². The summed E-state index contributed by atoms with van der Waals surface area (Å²) in [6.45, 7) is 12.0. The van der Waals surface area contributed by atoms with Crippen LogP contribution in [0, 0.1) is 12.8 Å². The number of phenols is 1. The minimum Gasteiger partial charge on any atom is -0.509 e. The average molecular weight is 423 g/mol. The average Bonchev–Trinajstić information content (AvgIpc) is 2.76. The van der Waals surface area contributed by atoms with Crippen LogP contribution >= 0.6 is 0 Å². The van der Waals surface area contributed by atoms with Crippen LogP contribution in [0.4, 0.5) is 0 Å². The summed E-state index contributed by atoms with van der Waals surface area (Å²) in [6.07, 6.45) is 14.2. The Labute approximate surface area is 190 Å². The van der Waals surface area contributed by atoms with Crippen molar-refractivity contribution < 1.29 is 10.2 Å². The molecule has 0 aliphatic heterocycles. The van der Waals surface area contributed by atoms with Gasteiger partial charge in [-0.05, 0) is 66.5 Å². The number of aliphatic hydroxyl groups is 1. The van der Waals surface area contributed by atoms with Crippen LogP contribution in [0.3, 0.4) is 0 Å². The minimum absolute atomic E-state index is 0.00254. The van der Waals surface area contributed by atoms with Gasteiger partial charge in [-0.1, -0.05) is 102 Å². The van der Waals surface area contributed by atoms with Crippen LogP contribution in [0.1, 0.15) is 81.5 Å². The maximum atomic E-state index is 9.35. The van der Waals surface area contributed by atoms with E-state index < -0.39 is 0 Å². The molecule has 0 fully saturated rings. The van der Waals surface area contributed by atoms with Crippen molar-refractivity contribution in [2.75, 3.05) is 0 Å². The topological polar surface area (TPSA) is 40.5 Å². The van der Waals surface area contributed by atoms with Crippen LogP contribution in [0.15, 0.2) is 60.9 Å². The van der Waals surface area contributed by atoms with E-state index in [0.29, 0.717) is 0 Å². The second kappa shape index (κ2) is 15.3. The van der Waals surface area contributed by atoms with Crippen LogP contribution in [0.5, 0.6) is 5.75 Å². The summed E-state index contributed by atoms with van der Waals surface area (Å²) in [7, 11) is 0. The van der Waals surface area contributed by atoms with Crippen molar-refractivity contribution in [2.45, 2.75) is 79.1 Å². The lowest BCUT2D eigenvalue weighted by molar-refractivity contribution is 0.436. The monoisotopic (exact) mass is 422 g/mol. The predicted octanol–water partition coefficient (Wildman–Crippen LogP) is 8.57. The summed E-state index contributed by atoms with van der Waals surface area (Å²) >= 11 is 0. The number of aryl methyl sites for hydroxylation is 1. The van der Waals surface area contributed by atoms with E-state index in [2.05, 4.69) is 51.6 Å². The number of hydrogen-bond donors (Lipinski definition) is 2. The summed E-state index contributed by atoms with van der Waals surface area (Å²) < 4.78 is 0. The molecule has 2 nitrogen and oxygen atoms in total. The molecule has 1 unspecified atom stereocenters. The summed E-state index contributed by atoms with van der Waals surface area (Å²) in [5.74, 6) is 1.15. The van der Waals surface area contributed by atoms with E-state index in [9.17, 15) is 5.11 Å². The normalized spacial score (nSPS) is 14.6. The van der Waals surface area contributed by atoms with Crippen LogP contribution in [-0.2, 0) is 12.8 Å². The highest BCUT2D eigenvalue weighted by Gasteiger charge is 2.13. The van der Waals surface area contributed by atoms with Crippen molar-refractivity contribution >= 4 is 6.08 Å². The highest BCUT2D eigenvalue weighted by Crippen LogP contribution is 2.24. The first kappa shape index (κ1) is 26.6. The number of unbranched alkanes of at least 4 members (excludes halogenated alkanes) is 4. The first-order valence-electron chi connectivity index (χ1n) is 11.8. The molecule has 1 aliphatic carbocycles. The lowest BCUT2D eigenvalue weighted by Gasteiger charge is -2.20. The Hall–Kier alpha value is -2.48. The quantitative estimate of drug-likeness (QED) is 0.278. The zero-order chi connectivity index (χ0) is 23.1. The third-order valence-electron chi connectivity index (χ3n) is 5.60. The Morgan fingerprint density at radius 3 is 2.26 bits per heavy atom. The third kappa shape index (κ3) is 10.9. The standard InChI is InChI=1S/C11H12O2.C11H14.C7H16/c1-8(12)6-7-10-4-3-5-11(13)9(10)2;1-9-6-7-10-4-2-3-5-11(10)8-9;1-3-5-7-6-4-2/h3-7,12-13H,1H2,2H3;2-5,9H,6-8H2,1H3;3-7H2,1-2H3/b7-6-;;. The molecule has 1 aliphatic rings. The molecular formula is C29H42O2. The van der Waals surface area contributed by atoms with Crippen molar-refractivity contribution in [3.05, 3.63) is 83.1 Å². The highest BCUT2D eigenvalue weighted by atomic mass is 16.3. The van der Waals surface area contributed by atoms with Gasteiger partial charge in [0.05, 0.1) is 0 Å². The van der Waals surface area contributed by atoms with Crippen LogP contribution < -0.4 is 0 Å². The van der Waals surface area contributed by atoms with Gasteiger partial charge in [-0.3, -0.25) is 0 Å². The molecule has 0 aromatic heterocycles. The molecule has 2 aromatic rings. The van der Waals surface area contributed by atoms with E-state index in [1.54, 1.807) is 29.3 Å². The zero-order valence-corrected chi connectivity index (χ0v) is 20.0. The molecular weight excluding hydrogens is 380 g/mol. The van der Waals surface area contributed by atoms with Gasteiger partial charge in [0.15, 0.2) is 0 Å². The lowest BCUT2D eigenvalue weighted by atomic mass is 9.85. The molecule has 31 heavy (non-hydrogen) atoms. The number of rotatable bonds is 6. The van der Waals surface area contributed by atoms with E-state index in [1.807, 2.05) is 13.0 Å². The van der Waals surface area contributed by atoms with E-state index in [1.165, 1.54) is 57.4 Å². The number of aliphatic hydroxyl groups excluding tert-OH is 1. The number of phenolic OH excluding ortho intramolecular Hbond substituents is 1. The van der Waals surface area contributed by atoms with E-state index in [4.69, 9.17) is 5.11 Å². The molecule has 2 aromatic carbocycles. The fourth-order valence-electron chi connectivity index (χ4n) is 3.56. The van der Waals surface area contributed by atoms with Gasteiger partial charge in [-0.2, -0.15) is 0 Å². The molecule has 0 bridgehead atoms. The third-order valence-corrected chi connectivity index (χ3v) is 5.60. The first-order valence-corrected chi connectivity index (χ1v) is 11.8. The number of hydrogen-bond acceptors (Lipinski definition) is 2. The number of benzene rings is 2. The second-order valence-electron chi connectivity index (χ2n) is 8.49. The number of allylic oxidation sites excluding steroid dienone is 1. The van der Waals surface area contributed by atoms with Crippen molar-refractivity contribution in [1.29, 1.82) is 0 Å². The Bertz CT molecular complexity index is 800. The zero-order valence-electron chi connectivity index (χ0n) is 20.0. The number of fused-ring (bicyclic) bond motifs is 1. The smallest absolute Gasteiger partial charge is 0.119 e. The molecule has 0 saturated heterocycles. The largest absolute Gasteiger partial charge is 0.509 e. The fraction of sp³-hybridized carbons (Fsp3) is 0.448. The predicted molar refractivity (Wildman–Crippen MR) is 136 cm³/mol. The molecule has 0 heterocycles. The van der Waals surface area contributed by atoms with Gasteiger partial charge < -0.3 is 10.2 Å². The van der Waals surface area contributed by atoms with Gasteiger partial charge in [0.25, 0.3) is 0 Å². The first-order chi connectivity index (χ1) is 14.9. The summed E-state index contributed by atoms with van der Waals surface area (Å²) in [6, 6.07) is 14.1. The lowest BCUT2D eigenvalue weighted by Crippen LogP contribution is -2.10. The summed E-state index contributed by atoms with van der Waals surface area (Å²) in [4.78, 5) is 0. The van der Waals surface area contributed by atoms with E-state index >= 15 is 0 Å². The molecule has 3 rings (SSSR count). The van der Waals surface area contributed by atoms with Gasteiger partial charge in [0.2, 0.25) is 0 Å². The molecule has 0 saturated carbocycles. The van der Waals surface area contributed by atoms with Crippen molar-refractivity contribution in [3.8, 4) is 5.75 Å². The highest BCUT2D eigenvalue weighted by molar-refractivity contribution is 5.58. The minimum atomic E-state index is 0.00254. The molecule has 1 atom stereocenters. The van der Waals surface area contributed by atoms with Crippen molar-refractivity contribution in [2.24, 2.45) is 5.92 Å². The van der Waals surface area contributed by atoms with Crippen LogP contribution in [0.2, 0.25) is 0 Å². The molecule has 2 heteroatoms. The molecule has 0 amide bonds. The molecule has 0 spiro atoms. The molecule has 2 N–H and O–H groups in total. The SMILES string of the molecule is C=C(O)/C=C\c1cccc(O)c1C.CC1CCc2ccccc2C1.CCCCCCC. The summed E-state index contributed by atoms with van der Waals surface area (Å²) in [5.41, 5.74) is 4.81. The van der Waals surface area contributed by atoms with E-state index in [0.717, 1.165) is 17.0 Å². The Balaban J connectivity index is 0.000000244. The van der Waals surface area contributed by atoms with Crippen molar-refractivity contribution in [1.82, 2.24) is 0 Å². The van der Waals surface area contributed by atoms with Gasteiger partial charge in [-0.15, -0.1) is 0 Å². The summed E-state index contributed by atoms with van der Waals surface area (Å²) in [5, 5.41) is 18.2. The Morgan fingerprint density at radius 2 is 1.65 bits per heavy atom. The van der Waals surface area contributed by atoms with Crippen LogP contribution in [0.25, 0.3) is 6.08 Å². The maximum Gasteiger partial charge on any atom is 0.119 e. The Morgan fingerprint density at radius 1 is 1.00 bits per heavy atom. The Kier molecular flexibility index (Phi) is 13.1. The van der Waals surface area contributed by atoms with Gasteiger partial charge in [-0.25, -0.2) is 0 Å². The van der Waals surface area contributed by atoms with Crippen molar-refractivity contribution in [3.63, 3.8) is 0 Å². The van der Waals surface area contributed by atoms with E-state index in [-0.39, 0.29) is 11.5 Å². The molecule has 170 valence electrons. The number of aromatic hydroxyl groups is 1. The fourth-order valence-corrected chi connectivity index (χ4v) is 3.56.